The van der Waals surface area contributed by atoms with Gasteiger partial charge in [0.2, 0.25) is 0 Å². The maximum atomic E-state index is 5.86. The second-order valence-corrected chi connectivity index (χ2v) is 4.90. The quantitative estimate of drug-likeness (QED) is 0.770. The van der Waals surface area contributed by atoms with Gasteiger partial charge in [0.15, 0.2) is 0 Å². The van der Waals surface area contributed by atoms with Gasteiger partial charge in [0, 0.05) is 30.9 Å². The van der Waals surface area contributed by atoms with Gasteiger partial charge in [-0.05, 0) is 31.2 Å². The van der Waals surface area contributed by atoms with Crippen molar-refractivity contribution in [1.82, 2.24) is 9.88 Å². The lowest BCUT2D eigenvalue weighted by atomic mass is 10.2. The Morgan fingerprint density at radius 1 is 1.21 bits per heavy atom. The fraction of sp³-hybridized carbons (Fsp3) is 0.250. The minimum Gasteiger partial charge on any atom is -0.459 e. The molecular weight excluding hydrogens is 236 g/mol. The van der Waals surface area contributed by atoms with E-state index in [1.54, 1.807) is 0 Å². The van der Waals surface area contributed by atoms with Crippen molar-refractivity contribution in [3.63, 3.8) is 0 Å². The Morgan fingerprint density at radius 2 is 2.05 bits per heavy atom. The molecule has 1 atom stereocenters. The number of aryl methyl sites for hydroxylation is 1. The first kappa shape index (κ1) is 12.1. The third-order valence-electron chi connectivity index (χ3n) is 3.51. The van der Waals surface area contributed by atoms with Crippen LogP contribution in [-0.4, -0.2) is 4.57 Å². The van der Waals surface area contributed by atoms with E-state index in [9.17, 15) is 0 Å². The predicted octanol–water partition coefficient (Wildman–Crippen LogP) is 3.62. The molecule has 3 aromatic rings. The summed E-state index contributed by atoms with van der Waals surface area (Å²) in [7, 11) is 2.06. The van der Waals surface area contributed by atoms with Gasteiger partial charge in [0.05, 0.1) is 6.04 Å². The van der Waals surface area contributed by atoms with E-state index in [1.165, 1.54) is 5.69 Å². The molecule has 3 heteroatoms. The number of rotatable bonds is 4. The molecule has 3 nitrogen and oxygen atoms in total. The first-order chi connectivity index (χ1) is 9.24. The Hall–Kier alpha value is -2.00. The Bertz CT molecular complexity index is 648. The first-order valence-corrected chi connectivity index (χ1v) is 6.56. The molecule has 0 aliphatic rings. The average molecular weight is 254 g/mol. The van der Waals surface area contributed by atoms with Gasteiger partial charge in [-0.3, -0.25) is 0 Å². The molecule has 0 bridgehead atoms. The van der Waals surface area contributed by atoms with E-state index in [-0.39, 0.29) is 6.04 Å². The van der Waals surface area contributed by atoms with E-state index in [0.717, 1.165) is 23.3 Å². The lowest BCUT2D eigenvalue weighted by molar-refractivity contribution is 0.446. The van der Waals surface area contributed by atoms with Crippen molar-refractivity contribution in [3.8, 4) is 0 Å². The van der Waals surface area contributed by atoms with Gasteiger partial charge in [0.1, 0.15) is 11.3 Å². The number of furan rings is 1. The van der Waals surface area contributed by atoms with Crippen molar-refractivity contribution in [2.24, 2.45) is 7.05 Å². The lowest BCUT2D eigenvalue weighted by Crippen LogP contribution is -2.19. The molecule has 1 aromatic carbocycles. The molecule has 1 unspecified atom stereocenters. The molecule has 0 amide bonds. The van der Waals surface area contributed by atoms with Crippen molar-refractivity contribution >= 4 is 11.0 Å². The molecular formula is C16H18N2O. The second-order valence-electron chi connectivity index (χ2n) is 4.90. The highest BCUT2D eigenvalue weighted by molar-refractivity contribution is 5.77. The van der Waals surface area contributed by atoms with Crippen LogP contribution in [-0.2, 0) is 13.6 Å². The molecule has 0 aliphatic heterocycles. The topological polar surface area (TPSA) is 30.1 Å². The van der Waals surface area contributed by atoms with Crippen LogP contribution < -0.4 is 5.32 Å². The van der Waals surface area contributed by atoms with Crippen LogP contribution in [0.25, 0.3) is 11.0 Å². The van der Waals surface area contributed by atoms with Crippen LogP contribution in [0.15, 0.2) is 53.1 Å². The molecule has 98 valence electrons. The number of nitrogens with zero attached hydrogens (tertiary/aromatic N) is 1. The van der Waals surface area contributed by atoms with Gasteiger partial charge in [0.25, 0.3) is 0 Å². The number of aromatic nitrogens is 1. The summed E-state index contributed by atoms with van der Waals surface area (Å²) in [6.07, 6.45) is 2.06. The monoisotopic (exact) mass is 254 g/mol. The van der Waals surface area contributed by atoms with Crippen molar-refractivity contribution in [3.05, 3.63) is 60.1 Å². The molecule has 0 radical (unpaired) electrons. The standard InChI is InChI=1S/C16H18N2O/c1-12(17-11-14-7-5-9-18(14)2)16-10-13-6-3-4-8-15(13)19-16/h3-10,12,17H,11H2,1-2H3. The van der Waals surface area contributed by atoms with E-state index in [2.05, 4.69) is 54.3 Å². The second kappa shape index (κ2) is 4.94. The zero-order chi connectivity index (χ0) is 13.2. The van der Waals surface area contributed by atoms with Crippen molar-refractivity contribution < 1.29 is 4.42 Å². The van der Waals surface area contributed by atoms with Gasteiger partial charge < -0.3 is 14.3 Å². The van der Waals surface area contributed by atoms with Crippen molar-refractivity contribution in [2.45, 2.75) is 19.5 Å². The van der Waals surface area contributed by atoms with Crippen molar-refractivity contribution in [1.29, 1.82) is 0 Å². The molecule has 2 heterocycles. The minimum atomic E-state index is 0.197. The maximum Gasteiger partial charge on any atom is 0.134 e. The van der Waals surface area contributed by atoms with Gasteiger partial charge in [-0.1, -0.05) is 18.2 Å². The molecule has 0 saturated heterocycles. The van der Waals surface area contributed by atoms with Crippen LogP contribution in [0, 0.1) is 0 Å². The number of fused-ring (bicyclic) bond motifs is 1. The van der Waals surface area contributed by atoms with E-state index >= 15 is 0 Å². The van der Waals surface area contributed by atoms with Crippen LogP contribution in [0.4, 0.5) is 0 Å². The Morgan fingerprint density at radius 3 is 2.79 bits per heavy atom. The summed E-state index contributed by atoms with van der Waals surface area (Å²) in [5.74, 6) is 0.982. The summed E-state index contributed by atoms with van der Waals surface area (Å²) < 4.78 is 7.98. The van der Waals surface area contributed by atoms with E-state index in [1.807, 2.05) is 18.2 Å². The summed E-state index contributed by atoms with van der Waals surface area (Å²) >= 11 is 0. The average Bonchev–Trinajstić information content (AvgIpc) is 3.01. The number of hydrogen-bond donors (Lipinski definition) is 1. The summed E-state index contributed by atoms with van der Waals surface area (Å²) in [5, 5.41) is 4.65. The summed E-state index contributed by atoms with van der Waals surface area (Å²) in [6.45, 7) is 2.96. The molecule has 1 N–H and O–H groups in total. The van der Waals surface area contributed by atoms with Gasteiger partial charge in [-0.2, -0.15) is 0 Å². The molecule has 0 fully saturated rings. The van der Waals surface area contributed by atoms with Gasteiger partial charge >= 0.3 is 0 Å². The van der Waals surface area contributed by atoms with Crippen LogP contribution in [0.3, 0.4) is 0 Å². The largest absolute Gasteiger partial charge is 0.459 e. The highest BCUT2D eigenvalue weighted by atomic mass is 16.3. The zero-order valence-electron chi connectivity index (χ0n) is 11.3. The molecule has 3 rings (SSSR count). The van der Waals surface area contributed by atoms with Crippen LogP contribution >= 0.6 is 0 Å². The fourth-order valence-electron chi connectivity index (χ4n) is 2.25. The van der Waals surface area contributed by atoms with Gasteiger partial charge in [-0.15, -0.1) is 0 Å². The minimum absolute atomic E-state index is 0.197. The van der Waals surface area contributed by atoms with Crippen LogP contribution in [0.1, 0.15) is 24.4 Å². The molecule has 0 spiro atoms. The van der Waals surface area contributed by atoms with E-state index < -0.39 is 0 Å². The first-order valence-electron chi connectivity index (χ1n) is 6.56. The Kier molecular flexibility index (Phi) is 3.13. The highest BCUT2D eigenvalue weighted by Gasteiger charge is 2.11. The third-order valence-corrected chi connectivity index (χ3v) is 3.51. The molecule has 2 aromatic heterocycles. The molecule has 0 saturated carbocycles. The summed E-state index contributed by atoms with van der Waals surface area (Å²) in [5.41, 5.74) is 2.22. The molecule has 19 heavy (non-hydrogen) atoms. The number of para-hydroxylation sites is 1. The Labute approximate surface area is 112 Å². The van der Waals surface area contributed by atoms with Gasteiger partial charge in [-0.25, -0.2) is 0 Å². The fourth-order valence-corrected chi connectivity index (χ4v) is 2.25. The molecule has 0 aliphatic carbocycles. The van der Waals surface area contributed by atoms with Crippen LogP contribution in [0.2, 0.25) is 0 Å². The normalized spacial score (nSPS) is 12.9. The summed E-state index contributed by atoms with van der Waals surface area (Å²) in [4.78, 5) is 0. The van der Waals surface area contributed by atoms with E-state index in [0.29, 0.717) is 0 Å². The number of benzene rings is 1. The SMILES string of the molecule is CC(NCc1cccn1C)c1cc2ccccc2o1. The smallest absolute Gasteiger partial charge is 0.134 e. The zero-order valence-corrected chi connectivity index (χ0v) is 11.3. The Balaban J connectivity index is 1.73. The van der Waals surface area contributed by atoms with E-state index in [4.69, 9.17) is 4.42 Å². The maximum absolute atomic E-state index is 5.86. The lowest BCUT2D eigenvalue weighted by Gasteiger charge is -2.11. The predicted molar refractivity (Wildman–Crippen MR) is 76.9 cm³/mol. The summed E-state index contributed by atoms with van der Waals surface area (Å²) in [6, 6.07) is 14.6. The van der Waals surface area contributed by atoms with Crippen molar-refractivity contribution in [2.75, 3.05) is 0 Å². The highest BCUT2D eigenvalue weighted by Crippen LogP contribution is 2.23. The third kappa shape index (κ3) is 2.42. The van der Waals surface area contributed by atoms with Crippen LogP contribution in [0.5, 0.6) is 0 Å². The number of hydrogen-bond acceptors (Lipinski definition) is 2. The number of nitrogens with one attached hydrogen (secondary N) is 1.